The fourth-order valence-electron chi connectivity index (χ4n) is 4.06. The van der Waals surface area contributed by atoms with Crippen molar-refractivity contribution in [2.45, 2.75) is 64.3 Å². The Morgan fingerprint density at radius 1 is 1.23 bits per heavy atom. The molecule has 0 radical (unpaired) electrons. The second kappa shape index (κ2) is 5.71. The van der Waals surface area contributed by atoms with Gasteiger partial charge in [-0.3, -0.25) is 4.79 Å². The summed E-state index contributed by atoms with van der Waals surface area (Å²) in [6.07, 6.45) is 10.6. The number of aromatic nitrogens is 2. The van der Waals surface area contributed by atoms with E-state index in [1.165, 1.54) is 37.2 Å². The Labute approximate surface area is 132 Å². The van der Waals surface area contributed by atoms with Crippen molar-refractivity contribution >= 4 is 5.91 Å². The number of likely N-dealkylation sites (tertiary alicyclic amines) is 1. The molecule has 0 spiro atoms. The molecule has 4 nitrogen and oxygen atoms in total. The van der Waals surface area contributed by atoms with Crippen molar-refractivity contribution in [1.82, 2.24) is 14.5 Å². The highest BCUT2D eigenvalue weighted by atomic mass is 16.2. The Bertz CT molecular complexity index is 557. The number of imidazole rings is 1. The fraction of sp³-hybridized carbons (Fsp3) is 0.778. The molecule has 0 aromatic carbocycles. The summed E-state index contributed by atoms with van der Waals surface area (Å²) in [6, 6.07) is 0. The predicted octanol–water partition coefficient (Wildman–Crippen LogP) is 3.11. The Kier molecular flexibility index (Phi) is 3.71. The third-order valence-electron chi connectivity index (χ3n) is 6.05. The van der Waals surface area contributed by atoms with E-state index in [9.17, 15) is 4.79 Å². The summed E-state index contributed by atoms with van der Waals surface area (Å²) in [4.78, 5) is 19.2. The van der Waals surface area contributed by atoms with Gasteiger partial charge in [0.25, 0.3) is 0 Å². The third-order valence-corrected chi connectivity index (χ3v) is 6.05. The highest BCUT2D eigenvalue weighted by molar-refractivity contribution is 5.79. The van der Waals surface area contributed by atoms with Gasteiger partial charge in [-0.1, -0.05) is 12.8 Å². The van der Waals surface area contributed by atoms with Gasteiger partial charge in [0.2, 0.25) is 5.91 Å². The highest BCUT2D eigenvalue weighted by Gasteiger charge is 2.34. The van der Waals surface area contributed by atoms with E-state index in [-0.39, 0.29) is 0 Å². The van der Waals surface area contributed by atoms with Crippen molar-refractivity contribution < 1.29 is 4.79 Å². The molecule has 1 aliphatic heterocycles. The zero-order chi connectivity index (χ0) is 15.1. The third kappa shape index (κ3) is 2.46. The Morgan fingerprint density at radius 2 is 2.00 bits per heavy atom. The molecule has 1 atom stereocenters. The summed E-state index contributed by atoms with van der Waals surface area (Å²) in [6.45, 7) is 5.14. The second-order valence-electron chi connectivity index (χ2n) is 7.56. The maximum atomic E-state index is 12.4. The van der Waals surface area contributed by atoms with Crippen molar-refractivity contribution in [3.63, 3.8) is 0 Å². The Balaban J connectivity index is 1.40. The van der Waals surface area contributed by atoms with E-state index in [1.807, 2.05) is 6.20 Å². The number of hydrogen-bond donors (Lipinski definition) is 0. The van der Waals surface area contributed by atoms with Crippen LogP contribution in [0.3, 0.4) is 0 Å². The largest absolute Gasteiger partial charge is 0.342 e. The van der Waals surface area contributed by atoms with E-state index in [0.717, 1.165) is 38.9 Å². The molecule has 1 amide bonds. The number of rotatable bonds is 4. The minimum atomic E-state index is 0.347. The normalized spacial score (nSPS) is 26.0. The summed E-state index contributed by atoms with van der Waals surface area (Å²) < 4.78 is 2.44. The van der Waals surface area contributed by atoms with Crippen LogP contribution in [0, 0.1) is 18.8 Å². The molecule has 2 heterocycles. The molecule has 22 heavy (non-hydrogen) atoms. The minimum absolute atomic E-state index is 0.347. The molecule has 1 unspecified atom stereocenters. The SMILES string of the molecule is Cc1cnc(C2CCC2)n1CC1CCN(C(=O)C2CCC2)C1. The Morgan fingerprint density at radius 3 is 2.64 bits per heavy atom. The highest BCUT2D eigenvalue weighted by Crippen LogP contribution is 2.36. The maximum absolute atomic E-state index is 12.4. The van der Waals surface area contributed by atoms with Crippen LogP contribution in [0.4, 0.5) is 0 Å². The number of hydrogen-bond acceptors (Lipinski definition) is 2. The molecule has 4 rings (SSSR count). The minimum Gasteiger partial charge on any atom is -0.342 e. The van der Waals surface area contributed by atoms with Gasteiger partial charge in [-0.25, -0.2) is 4.98 Å². The molecule has 2 saturated carbocycles. The molecule has 1 aromatic heterocycles. The zero-order valence-electron chi connectivity index (χ0n) is 13.6. The van der Waals surface area contributed by atoms with E-state index in [4.69, 9.17) is 0 Å². The van der Waals surface area contributed by atoms with Crippen LogP contribution in [-0.2, 0) is 11.3 Å². The molecular weight excluding hydrogens is 274 g/mol. The fourth-order valence-corrected chi connectivity index (χ4v) is 4.06. The van der Waals surface area contributed by atoms with Crippen LogP contribution in [0.25, 0.3) is 0 Å². The molecule has 2 aliphatic carbocycles. The van der Waals surface area contributed by atoms with Gasteiger partial charge in [0.1, 0.15) is 5.82 Å². The predicted molar refractivity (Wildman–Crippen MR) is 85.6 cm³/mol. The molecule has 0 N–H and O–H groups in total. The van der Waals surface area contributed by atoms with Gasteiger partial charge in [0.15, 0.2) is 0 Å². The van der Waals surface area contributed by atoms with Crippen molar-refractivity contribution in [3.8, 4) is 0 Å². The average Bonchev–Trinajstić information content (AvgIpc) is 2.97. The lowest BCUT2D eigenvalue weighted by atomic mass is 9.84. The van der Waals surface area contributed by atoms with Crippen LogP contribution in [0.1, 0.15) is 62.4 Å². The van der Waals surface area contributed by atoms with Crippen molar-refractivity contribution in [1.29, 1.82) is 0 Å². The van der Waals surface area contributed by atoms with Gasteiger partial charge < -0.3 is 9.47 Å². The van der Waals surface area contributed by atoms with Crippen LogP contribution in [-0.4, -0.2) is 33.4 Å². The summed E-state index contributed by atoms with van der Waals surface area (Å²) in [5.74, 6) is 3.36. The van der Waals surface area contributed by atoms with Crippen molar-refractivity contribution in [2.24, 2.45) is 11.8 Å². The van der Waals surface area contributed by atoms with Crippen LogP contribution in [0.2, 0.25) is 0 Å². The first-order valence-electron chi connectivity index (χ1n) is 9.03. The lowest BCUT2D eigenvalue weighted by Crippen LogP contribution is -2.37. The molecule has 1 saturated heterocycles. The van der Waals surface area contributed by atoms with Crippen LogP contribution >= 0.6 is 0 Å². The lowest BCUT2D eigenvalue weighted by molar-refractivity contribution is -0.137. The number of aryl methyl sites for hydroxylation is 1. The quantitative estimate of drug-likeness (QED) is 0.857. The number of nitrogens with zero attached hydrogens (tertiary/aromatic N) is 3. The summed E-state index contributed by atoms with van der Waals surface area (Å²) in [7, 11) is 0. The molecule has 4 heteroatoms. The Hall–Kier alpha value is -1.32. The van der Waals surface area contributed by atoms with Gasteiger partial charge in [-0.15, -0.1) is 0 Å². The van der Waals surface area contributed by atoms with Crippen molar-refractivity contribution in [2.75, 3.05) is 13.1 Å². The van der Waals surface area contributed by atoms with E-state index < -0.39 is 0 Å². The average molecular weight is 301 g/mol. The van der Waals surface area contributed by atoms with E-state index >= 15 is 0 Å². The molecule has 3 aliphatic rings. The topological polar surface area (TPSA) is 38.1 Å². The first-order chi connectivity index (χ1) is 10.7. The second-order valence-corrected chi connectivity index (χ2v) is 7.56. The van der Waals surface area contributed by atoms with E-state index in [1.54, 1.807) is 0 Å². The first kappa shape index (κ1) is 14.3. The standard InChI is InChI=1S/C18H27N3O/c1-13-10-19-17(15-4-2-5-15)21(13)12-14-8-9-20(11-14)18(22)16-6-3-7-16/h10,14-16H,2-9,11-12H2,1H3. The smallest absolute Gasteiger partial charge is 0.225 e. The molecule has 3 fully saturated rings. The summed E-state index contributed by atoms with van der Waals surface area (Å²) in [5.41, 5.74) is 1.28. The zero-order valence-corrected chi connectivity index (χ0v) is 13.6. The monoisotopic (exact) mass is 301 g/mol. The van der Waals surface area contributed by atoms with Crippen LogP contribution in [0.5, 0.6) is 0 Å². The van der Waals surface area contributed by atoms with Gasteiger partial charge in [-0.2, -0.15) is 0 Å². The van der Waals surface area contributed by atoms with Gasteiger partial charge in [0.05, 0.1) is 0 Å². The number of carbonyl (C=O) groups is 1. The molecule has 1 aromatic rings. The van der Waals surface area contributed by atoms with E-state index in [2.05, 4.69) is 21.4 Å². The van der Waals surface area contributed by atoms with Gasteiger partial charge in [-0.05, 0) is 44.9 Å². The maximum Gasteiger partial charge on any atom is 0.225 e. The number of amides is 1. The molecular formula is C18H27N3O. The summed E-state index contributed by atoms with van der Waals surface area (Å²) >= 11 is 0. The van der Waals surface area contributed by atoms with E-state index in [0.29, 0.717) is 23.7 Å². The summed E-state index contributed by atoms with van der Waals surface area (Å²) in [5, 5.41) is 0. The van der Waals surface area contributed by atoms with Crippen molar-refractivity contribution in [3.05, 3.63) is 17.7 Å². The van der Waals surface area contributed by atoms with Gasteiger partial charge in [0, 0.05) is 43.4 Å². The van der Waals surface area contributed by atoms with Gasteiger partial charge >= 0.3 is 0 Å². The lowest BCUT2D eigenvalue weighted by Gasteiger charge is -2.29. The molecule has 120 valence electrons. The van der Waals surface area contributed by atoms with Crippen LogP contribution in [0.15, 0.2) is 6.20 Å². The molecule has 0 bridgehead atoms. The first-order valence-corrected chi connectivity index (χ1v) is 9.03. The van der Waals surface area contributed by atoms with Crippen LogP contribution < -0.4 is 0 Å². The number of carbonyl (C=O) groups excluding carboxylic acids is 1.